The zero-order chi connectivity index (χ0) is 13.9. The third-order valence-electron chi connectivity index (χ3n) is 5.53. The van der Waals surface area contributed by atoms with Gasteiger partial charge in [0.05, 0.1) is 0 Å². The van der Waals surface area contributed by atoms with Gasteiger partial charge in [0.1, 0.15) is 0 Å². The van der Waals surface area contributed by atoms with E-state index in [9.17, 15) is 0 Å². The van der Waals surface area contributed by atoms with Crippen molar-refractivity contribution < 1.29 is 0 Å². The van der Waals surface area contributed by atoms with Crippen LogP contribution < -0.4 is 5.73 Å². The molecule has 1 aromatic rings. The van der Waals surface area contributed by atoms with Crippen LogP contribution in [0, 0.1) is 5.41 Å². The van der Waals surface area contributed by atoms with E-state index in [0.717, 1.165) is 12.5 Å². The van der Waals surface area contributed by atoms with Crippen molar-refractivity contribution in [3.63, 3.8) is 0 Å². The Morgan fingerprint density at radius 3 is 2.75 bits per heavy atom. The van der Waals surface area contributed by atoms with Gasteiger partial charge >= 0.3 is 0 Å². The maximum atomic E-state index is 6.40. The van der Waals surface area contributed by atoms with E-state index in [1.807, 2.05) is 0 Å². The topological polar surface area (TPSA) is 34.2 Å². The average molecular weight is 273 g/mol. The van der Waals surface area contributed by atoms with Crippen LogP contribution in [0.3, 0.4) is 0 Å². The molecule has 0 spiro atoms. The minimum Gasteiger partial charge on any atom is -0.347 e. The van der Waals surface area contributed by atoms with Crippen molar-refractivity contribution in [2.45, 2.75) is 64.1 Å². The van der Waals surface area contributed by atoms with E-state index < -0.39 is 0 Å². The van der Waals surface area contributed by atoms with Crippen LogP contribution in [0.15, 0.2) is 12.3 Å². The van der Waals surface area contributed by atoms with Gasteiger partial charge in [0.2, 0.25) is 0 Å². The number of fused-ring (bicyclic) bond motifs is 1. The lowest BCUT2D eigenvalue weighted by atomic mass is 9.74. The van der Waals surface area contributed by atoms with Gasteiger partial charge in [-0.2, -0.15) is 0 Å². The minimum absolute atomic E-state index is 0.232. The molecule has 3 aliphatic rings. The Hall–Kier alpha value is -0.800. The van der Waals surface area contributed by atoms with Gasteiger partial charge < -0.3 is 10.3 Å². The summed E-state index contributed by atoms with van der Waals surface area (Å²) in [6.45, 7) is 7.26. The lowest BCUT2D eigenvalue weighted by Crippen LogP contribution is -2.31. The molecule has 2 aliphatic carbocycles. The molecule has 2 N–H and O–H groups in total. The molecule has 110 valence electrons. The second-order valence-electron chi connectivity index (χ2n) is 7.95. The van der Waals surface area contributed by atoms with Crippen molar-refractivity contribution in [3.8, 4) is 0 Å². The molecule has 0 amide bonds. The van der Waals surface area contributed by atoms with Gasteiger partial charge in [0, 0.05) is 43.1 Å². The highest BCUT2D eigenvalue weighted by molar-refractivity contribution is 5.31. The number of nitrogens with two attached hydrogens (primary N) is 1. The van der Waals surface area contributed by atoms with E-state index in [1.54, 1.807) is 0 Å². The summed E-state index contributed by atoms with van der Waals surface area (Å²) < 4.78 is 2.57. The SMILES string of the molecule is CC1(C)Cc2c(ccn2C2CCN(C3CC3)C2)C(N)C1. The lowest BCUT2D eigenvalue weighted by molar-refractivity contribution is 0.268. The molecule has 2 unspecified atom stereocenters. The first-order chi connectivity index (χ1) is 9.53. The normalized spacial score (nSPS) is 33.4. The van der Waals surface area contributed by atoms with Crippen molar-refractivity contribution in [1.29, 1.82) is 0 Å². The fraction of sp³-hybridized carbons (Fsp3) is 0.765. The smallest absolute Gasteiger partial charge is 0.0472 e. The number of aromatic nitrogens is 1. The molecular weight excluding hydrogens is 246 g/mol. The van der Waals surface area contributed by atoms with Crippen LogP contribution in [-0.4, -0.2) is 28.6 Å². The van der Waals surface area contributed by atoms with Crippen LogP contribution in [0.4, 0.5) is 0 Å². The number of nitrogens with zero attached hydrogens (tertiary/aromatic N) is 2. The van der Waals surface area contributed by atoms with Gasteiger partial charge in [-0.25, -0.2) is 0 Å². The van der Waals surface area contributed by atoms with E-state index in [2.05, 4.69) is 35.6 Å². The van der Waals surface area contributed by atoms with Gasteiger partial charge in [0.15, 0.2) is 0 Å². The van der Waals surface area contributed by atoms with E-state index >= 15 is 0 Å². The third kappa shape index (κ3) is 2.11. The lowest BCUT2D eigenvalue weighted by Gasteiger charge is -2.35. The molecule has 3 nitrogen and oxygen atoms in total. The van der Waals surface area contributed by atoms with E-state index in [1.165, 1.54) is 50.0 Å². The Balaban J connectivity index is 1.60. The largest absolute Gasteiger partial charge is 0.347 e. The molecule has 0 radical (unpaired) electrons. The fourth-order valence-corrected chi connectivity index (χ4v) is 4.37. The molecule has 2 heterocycles. The Morgan fingerprint density at radius 2 is 2.00 bits per heavy atom. The molecule has 20 heavy (non-hydrogen) atoms. The van der Waals surface area contributed by atoms with Crippen LogP contribution in [0.25, 0.3) is 0 Å². The zero-order valence-electron chi connectivity index (χ0n) is 12.8. The molecule has 2 fully saturated rings. The van der Waals surface area contributed by atoms with Crippen LogP contribution >= 0.6 is 0 Å². The van der Waals surface area contributed by atoms with Crippen molar-refractivity contribution in [2.75, 3.05) is 13.1 Å². The molecule has 3 heteroatoms. The summed E-state index contributed by atoms with van der Waals surface area (Å²) in [4.78, 5) is 2.70. The summed E-state index contributed by atoms with van der Waals surface area (Å²) in [5, 5.41) is 0. The van der Waals surface area contributed by atoms with Crippen molar-refractivity contribution >= 4 is 0 Å². The monoisotopic (exact) mass is 273 g/mol. The maximum absolute atomic E-state index is 6.40. The first-order valence-electron chi connectivity index (χ1n) is 8.23. The molecule has 2 atom stereocenters. The summed E-state index contributed by atoms with van der Waals surface area (Å²) in [5.41, 5.74) is 9.68. The second-order valence-corrected chi connectivity index (χ2v) is 7.95. The fourth-order valence-electron chi connectivity index (χ4n) is 4.37. The van der Waals surface area contributed by atoms with Crippen molar-refractivity contribution in [1.82, 2.24) is 9.47 Å². The first kappa shape index (κ1) is 12.9. The molecule has 1 aromatic heterocycles. The summed E-state index contributed by atoms with van der Waals surface area (Å²) >= 11 is 0. The van der Waals surface area contributed by atoms with Crippen LogP contribution in [0.2, 0.25) is 0 Å². The van der Waals surface area contributed by atoms with Crippen LogP contribution in [0.5, 0.6) is 0 Å². The number of rotatable bonds is 2. The maximum Gasteiger partial charge on any atom is 0.0472 e. The van der Waals surface area contributed by atoms with E-state index in [0.29, 0.717) is 11.5 Å². The van der Waals surface area contributed by atoms with Gasteiger partial charge in [0.25, 0.3) is 0 Å². The summed E-state index contributed by atoms with van der Waals surface area (Å²) in [6, 6.07) is 4.11. The van der Waals surface area contributed by atoms with E-state index in [-0.39, 0.29) is 6.04 Å². The highest BCUT2D eigenvalue weighted by Gasteiger charge is 2.38. The highest BCUT2D eigenvalue weighted by atomic mass is 15.2. The summed E-state index contributed by atoms with van der Waals surface area (Å²) in [5.74, 6) is 0. The quantitative estimate of drug-likeness (QED) is 0.899. The van der Waals surface area contributed by atoms with Gasteiger partial charge in [-0.05, 0) is 49.1 Å². The van der Waals surface area contributed by atoms with Crippen molar-refractivity contribution in [2.24, 2.45) is 11.1 Å². The molecule has 1 aliphatic heterocycles. The molecular formula is C17H27N3. The third-order valence-corrected chi connectivity index (χ3v) is 5.53. The first-order valence-corrected chi connectivity index (χ1v) is 8.23. The molecule has 0 aromatic carbocycles. The van der Waals surface area contributed by atoms with Gasteiger partial charge in [-0.3, -0.25) is 4.90 Å². The number of hydrogen-bond acceptors (Lipinski definition) is 2. The van der Waals surface area contributed by atoms with Crippen LogP contribution in [-0.2, 0) is 6.42 Å². The van der Waals surface area contributed by atoms with Crippen LogP contribution in [0.1, 0.15) is 62.9 Å². The molecule has 0 bridgehead atoms. The van der Waals surface area contributed by atoms with Crippen molar-refractivity contribution in [3.05, 3.63) is 23.5 Å². The molecule has 1 saturated heterocycles. The summed E-state index contributed by atoms with van der Waals surface area (Å²) in [6.07, 6.45) is 8.77. The van der Waals surface area contributed by atoms with E-state index in [4.69, 9.17) is 5.73 Å². The predicted molar refractivity (Wildman–Crippen MR) is 81.7 cm³/mol. The average Bonchev–Trinajstić information content (AvgIpc) is 2.95. The Bertz CT molecular complexity index is 512. The van der Waals surface area contributed by atoms with Gasteiger partial charge in [-0.1, -0.05) is 13.8 Å². The predicted octanol–water partition coefficient (Wildman–Crippen LogP) is 2.87. The Labute approximate surface area is 122 Å². The Kier molecular flexibility index (Phi) is 2.80. The molecule has 4 rings (SSSR count). The molecule has 1 saturated carbocycles. The highest BCUT2D eigenvalue weighted by Crippen LogP contribution is 2.42. The minimum atomic E-state index is 0.232. The van der Waals surface area contributed by atoms with Gasteiger partial charge in [-0.15, -0.1) is 0 Å². The standard InChI is InChI=1S/C17H27N3/c1-17(2)9-15(18)14-6-8-20(16(14)10-17)13-5-7-19(11-13)12-3-4-12/h6,8,12-13,15H,3-5,7,9-11,18H2,1-2H3. The zero-order valence-corrected chi connectivity index (χ0v) is 12.8. The number of likely N-dealkylation sites (tertiary alicyclic amines) is 1. The Morgan fingerprint density at radius 1 is 1.20 bits per heavy atom. The number of hydrogen-bond donors (Lipinski definition) is 1. The second kappa shape index (κ2) is 4.35. The summed E-state index contributed by atoms with van der Waals surface area (Å²) in [7, 11) is 0.